The number of benzene rings is 1. The normalized spacial score (nSPS) is 15.7. The zero-order valence-corrected chi connectivity index (χ0v) is 17.9. The molecule has 10 nitrogen and oxygen atoms in total. The fourth-order valence-corrected chi connectivity index (χ4v) is 4.25. The van der Waals surface area contributed by atoms with Gasteiger partial charge in [0.25, 0.3) is 0 Å². The van der Waals surface area contributed by atoms with E-state index in [4.69, 9.17) is 9.98 Å². The van der Waals surface area contributed by atoms with Crippen LogP contribution in [0.5, 0.6) is 5.88 Å². The van der Waals surface area contributed by atoms with Crippen molar-refractivity contribution in [3.05, 3.63) is 69.0 Å². The van der Waals surface area contributed by atoms with Crippen LogP contribution in [-0.4, -0.2) is 50.4 Å². The van der Waals surface area contributed by atoms with Crippen LogP contribution in [0.4, 0.5) is 0 Å². The lowest BCUT2D eigenvalue weighted by atomic mass is 10.1. The predicted octanol–water partition coefficient (Wildman–Crippen LogP) is 0.274. The zero-order chi connectivity index (χ0) is 22.5. The van der Waals surface area contributed by atoms with Gasteiger partial charge in [-0.05, 0) is 30.5 Å². The van der Waals surface area contributed by atoms with Crippen molar-refractivity contribution in [3.8, 4) is 17.1 Å². The van der Waals surface area contributed by atoms with Gasteiger partial charge in [0.2, 0.25) is 5.88 Å². The van der Waals surface area contributed by atoms with E-state index in [9.17, 15) is 18.3 Å². The first kappa shape index (κ1) is 20.2. The zero-order valence-electron chi connectivity index (χ0n) is 17.1. The Morgan fingerprint density at radius 1 is 1.28 bits per heavy atom. The Bertz CT molecular complexity index is 1630. The minimum Gasteiger partial charge on any atom is -0.493 e. The van der Waals surface area contributed by atoms with Crippen molar-refractivity contribution in [3.63, 3.8) is 0 Å². The van der Waals surface area contributed by atoms with Crippen molar-refractivity contribution < 1.29 is 13.5 Å². The number of rotatable bonds is 5. The number of nitrogens with one attached hydrogen (secondary N) is 2. The fraction of sp³-hybridized carbons (Fsp3) is 0.238. The molecule has 0 atom stereocenters. The van der Waals surface area contributed by atoms with Crippen LogP contribution in [0.3, 0.4) is 0 Å². The maximum absolute atomic E-state index is 11.7. The second kappa shape index (κ2) is 7.45. The molecular weight excluding hydrogens is 432 g/mol. The third kappa shape index (κ3) is 4.19. The molecule has 3 heterocycles. The largest absolute Gasteiger partial charge is 0.493 e. The van der Waals surface area contributed by atoms with Gasteiger partial charge in [-0.3, -0.25) is 9.98 Å². The van der Waals surface area contributed by atoms with Gasteiger partial charge >= 0.3 is 5.69 Å². The molecule has 0 saturated heterocycles. The third-order valence-electron chi connectivity index (χ3n) is 5.03. The lowest BCUT2D eigenvalue weighted by molar-refractivity contribution is 0.454. The highest BCUT2D eigenvalue weighted by molar-refractivity contribution is 7.89. The Morgan fingerprint density at radius 2 is 2.09 bits per heavy atom. The maximum atomic E-state index is 11.7. The van der Waals surface area contributed by atoms with Crippen LogP contribution in [0.25, 0.3) is 23.0 Å². The molecule has 0 unspecified atom stereocenters. The molecule has 0 radical (unpaired) electrons. The molecule has 1 aliphatic rings. The number of nitrogens with zero attached hydrogens (tertiary/aromatic N) is 4. The van der Waals surface area contributed by atoms with E-state index in [1.807, 2.05) is 12.1 Å². The van der Waals surface area contributed by atoms with E-state index in [2.05, 4.69) is 15.1 Å². The van der Waals surface area contributed by atoms with Gasteiger partial charge < -0.3 is 10.1 Å². The summed E-state index contributed by atoms with van der Waals surface area (Å²) in [6.45, 7) is 0. The molecule has 5 rings (SSSR count). The Labute approximate surface area is 181 Å². The monoisotopic (exact) mass is 452 g/mol. The van der Waals surface area contributed by atoms with Crippen molar-refractivity contribution in [1.29, 1.82) is 0 Å². The second-order valence-corrected chi connectivity index (χ2v) is 10.1. The van der Waals surface area contributed by atoms with Gasteiger partial charge in [0, 0.05) is 23.1 Å². The minimum atomic E-state index is -3.17. The molecule has 0 aliphatic heterocycles. The molecule has 0 amide bonds. The van der Waals surface area contributed by atoms with Crippen LogP contribution in [-0.2, 0) is 15.6 Å². The summed E-state index contributed by atoms with van der Waals surface area (Å²) < 4.78 is 25.1. The maximum Gasteiger partial charge on any atom is 0.326 e. The Hall–Kier alpha value is -3.73. The minimum absolute atomic E-state index is 0.0613. The van der Waals surface area contributed by atoms with E-state index >= 15 is 0 Å². The van der Waals surface area contributed by atoms with E-state index in [1.54, 1.807) is 35.0 Å². The molecule has 4 aromatic rings. The number of hydrogen-bond acceptors (Lipinski definition) is 7. The molecule has 11 heteroatoms. The summed E-state index contributed by atoms with van der Waals surface area (Å²) in [6, 6.07) is 9.30. The van der Waals surface area contributed by atoms with Crippen LogP contribution in [0.1, 0.15) is 24.1 Å². The summed E-state index contributed by atoms with van der Waals surface area (Å²) in [4.78, 5) is 25.7. The van der Waals surface area contributed by atoms with Crippen molar-refractivity contribution in [1.82, 2.24) is 24.6 Å². The highest BCUT2D eigenvalue weighted by Gasteiger charge is 2.20. The number of aromatic nitrogens is 5. The van der Waals surface area contributed by atoms with Gasteiger partial charge in [0.1, 0.15) is 5.69 Å². The van der Waals surface area contributed by atoms with E-state index in [1.165, 1.54) is 6.26 Å². The fourth-order valence-electron chi connectivity index (χ4n) is 3.47. The van der Waals surface area contributed by atoms with Crippen LogP contribution >= 0.6 is 0 Å². The van der Waals surface area contributed by atoms with E-state index in [0.717, 1.165) is 18.4 Å². The molecule has 0 spiro atoms. The number of aromatic amines is 2. The number of fused-ring (bicyclic) bond motifs is 1. The number of H-pyrrole nitrogens is 2. The summed E-state index contributed by atoms with van der Waals surface area (Å²) in [7, 11) is -3.17. The van der Waals surface area contributed by atoms with E-state index < -0.39 is 15.5 Å². The quantitative estimate of drug-likeness (QED) is 0.396. The van der Waals surface area contributed by atoms with Crippen LogP contribution in [0.2, 0.25) is 0 Å². The van der Waals surface area contributed by atoms with Crippen LogP contribution in [0.15, 0.2) is 46.3 Å². The van der Waals surface area contributed by atoms with Gasteiger partial charge in [0.15, 0.2) is 21.0 Å². The average Bonchev–Trinajstić information content (AvgIpc) is 3.35. The molecular formula is C21H20N6O4S. The summed E-state index contributed by atoms with van der Waals surface area (Å²) in [5.74, 6) is -0.337. The molecule has 1 aromatic carbocycles. The third-order valence-corrected chi connectivity index (χ3v) is 5.89. The highest BCUT2D eigenvalue weighted by Crippen LogP contribution is 2.23. The number of aromatic hydroxyl groups is 1. The van der Waals surface area contributed by atoms with Crippen molar-refractivity contribution in [2.75, 3.05) is 6.26 Å². The van der Waals surface area contributed by atoms with E-state index in [0.29, 0.717) is 27.6 Å². The first-order valence-electron chi connectivity index (χ1n) is 9.98. The molecule has 1 aliphatic carbocycles. The van der Waals surface area contributed by atoms with Crippen LogP contribution in [0, 0.1) is 0 Å². The number of hydrogen-bond donors (Lipinski definition) is 3. The van der Waals surface area contributed by atoms with Crippen molar-refractivity contribution >= 4 is 21.6 Å². The van der Waals surface area contributed by atoms with Gasteiger partial charge in [0.05, 0.1) is 23.7 Å². The number of sulfone groups is 1. The number of imidazole rings is 1. The predicted molar refractivity (Wildman–Crippen MR) is 117 cm³/mol. The summed E-state index contributed by atoms with van der Waals surface area (Å²) in [5.41, 5.74) is 2.87. The van der Waals surface area contributed by atoms with Crippen LogP contribution < -0.4 is 16.4 Å². The smallest absolute Gasteiger partial charge is 0.326 e. The van der Waals surface area contributed by atoms with Gasteiger partial charge in [-0.15, -0.1) is 0 Å². The van der Waals surface area contributed by atoms with Crippen molar-refractivity contribution in [2.24, 2.45) is 4.99 Å². The average molecular weight is 452 g/mol. The first-order valence-corrected chi connectivity index (χ1v) is 12.0. The molecule has 164 valence electrons. The summed E-state index contributed by atoms with van der Waals surface area (Å²) >= 11 is 0. The Kier molecular flexibility index (Phi) is 4.70. The second-order valence-electron chi connectivity index (χ2n) is 7.95. The Balaban J connectivity index is 1.72. The first-order chi connectivity index (χ1) is 15.2. The molecule has 1 fully saturated rings. The molecule has 0 bridgehead atoms. The SMILES string of the molecule is CS(=O)(=O)Cc1cccc(-c2cc(=NC3CC3)n3ncc(=Cc4[nH]c(=O)[nH]c4O)c3n2)c1. The molecule has 3 N–H and O–H groups in total. The standard InChI is InChI=1S/C21H20N6O4S/c1-32(30,31)11-12-3-2-4-13(7-12)16-9-18(23-15-5-6-15)27-19(24-16)14(10-22-27)8-17-20(28)26-21(29)25-17/h2-4,7-10,15,28H,5-6,11H2,1H3,(H2,25,26,29). The highest BCUT2D eigenvalue weighted by atomic mass is 32.2. The summed E-state index contributed by atoms with van der Waals surface area (Å²) in [6.07, 6.45) is 6.39. The Morgan fingerprint density at radius 3 is 2.78 bits per heavy atom. The molecule has 3 aromatic heterocycles. The lowest BCUT2D eigenvalue weighted by Crippen LogP contribution is -2.19. The van der Waals surface area contributed by atoms with E-state index in [-0.39, 0.29) is 23.4 Å². The van der Waals surface area contributed by atoms with Gasteiger partial charge in [-0.1, -0.05) is 18.2 Å². The molecule has 1 saturated carbocycles. The van der Waals surface area contributed by atoms with Crippen molar-refractivity contribution in [2.45, 2.75) is 24.6 Å². The molecule has 32 heavy (non-hydrogen) atoms. The summed E-state index contributed by atoms with van der Waals surface area (Å²) in [5, 5.41) is 14.9. The van der Waals surface area contributed by atoms with Gasteiger partial charge in [-0.2, -0.15) is 9.61 Å². The van der Waals surface area contributed by atoms with Gasteiger partial charge in [-0.25, -0.2) is 18.2 Å². The lowest BCUT2D eigenvalue weighted by Gasteiger charge is -2.06. The topological polar surface area (TPSA) is 146 Å².